The highest BCUT2D eigenvalue weighted by atomic mass is 16.1. The first-order chi connectivity index (χ1) is 11.3. The van der Waals surface area contributed by atoms with Gasteiger partial charge >= 0.3 is 0 Å². The van der Waals surface area contributed by atoms with Crippen LogP contribution in [0.25, 0.3) is 22.3 Å². The van der Waals surface area contributed by atoms with Gasteiger partial charge in [0.05, 0.1) is 10.9 Å². The lowest BCUT2D eigenvalue weighted by molar-refractivity contribution is 0.813. The molecule has 2 N–H and O–H groups in total. The zero-order valence-electron chi connectivity index (χ0n) is 14.7. The Hall–Kier alpha value is -2.53. The van der Waals surface area contributed by atoms with Gasteiger partial charge in [-0.05, 0) is 56.5 Å². The van der Waals surface area contributed by atoms with E-state index in [9.17, 15) is 4.79 Å². The number of fused-ring (bicyclic) bond motifs is 1. The fraction of sp³-hybridized carbons (Fsp3) is 0.316. The number of pyridine rings is 1. The molecule has 0 aliphatic heterocycles. The van der Waals surface area contributed by atoms with E-state index in [2.05, 4.69) is 4.98 Å². The highest BCUT2D eigenvalue weighted by Crippen LogP contribution is 2.26. The van der Waals surface area contributed by atoms with Gasteiger partial charge in [-0.25, -0.2) is 4.98 Å². The number of hydrogen-bond acceptors (Lipinski definition) is 4. The van der Waals surface area contributed by atoms with Crippen LogP contribution in [0.15, 0.2) is 29.2 Å². The molecule has 0 radical (unpaired) electrons. The maximum Gasteiger partial charge on any atom is 0.261 e. The van der Waals surface area contributed by atoms with E-state index in [1.54, 1.807) is 17.8 Å². The van der Waals surface area contributed by atoms with Crippen LogP contribution in [0, 0.1) is 20.8 Å². The molecule has 0 aliphatic rings. The van der Waals surface area contributed by atoms with E-state index >= 15 is 0 Å². The van der Waals surface area contributed by atoms with Crippen molar-refractivity contribution >= 4 is 10.9 Å². The van der Waals surface area contributed by atoms with E-state index < -0.39 is 0 Å². The smallest absolute Gasteiger partial charge is 0.261 e. The van der Waals surface area contributed by atoms with Crippen molar-refractivity contribution in [1.29, 1.82) is 0 Å². The molecule has 0 spiro atoms. The van der Waals surface area contributed by atoms with Crippen LogP contribution < -0.4 is 11.3 Å². The Balaban J connectivity index is 2.43. The average Bonchev–Trinajstić information content (AvgIpc) is 2.51. The average molecular weight is 322 g/mol. The van der Waals surface area contributed by atoms with Gasteiger partial charge in [-0.3, -0.25) is 14.3 Å². The van der Waals surface area contributed by atoms with Crippen molar-refractivity contribution in [2.45, 2.75) is 33.7 Å². The molecule has 5 nitrogen and oxygen atoms in total. The molecule has 124 valence electrons. The highest BCUT2D eigenvalue weighted by molar-refractivity contribution is 5.84. The second kappa shape index (κ2) is 5.83. The second-order valence-corrected chi connectivity index (χ2v) is 6.48. The quantitative estimate of drug-likeness (QED) is 0.787. The molecule has 5 heteroatoms. The minimum atomic E-state index is -0.197. The first-order valence-electron chi connectivity index (χ1n) is 8.00. The normalized spacial score (nSPS) is 12.6. The van der Waals surface area contributed by atoms with Crippen LogP contribution in [0.4, 0.5) is 0 Å². The summed E-state index contributed by atoms with van der Waals surface area (Å²) in [5, 5.41) is 0.603. The summed E-state index contributed by atoms with van der Waals surface area (Å²) in [6, 6.07) is 5.68. The molecule has 0 saturated heterocycles. The topological polar surface area (TPSA) is 73.8 Å². The zero-order chi connectivity index (χ0) is 17.6. The van der Waals surface area contributed by atoms with Crippen molar-refractivity contribution in [2.75, 3.05) is 0 Å². The van der Waals surface area contributed by atoms with Gasteiger partial charge in [-0.1, -0.05) is 6.07 Å². The molecule has 3 aromatic rings. The van der Waals surface area contributed by atoms with Crippen LogP contribution in [0.1, 0.15) is 35.3 Å². The van der Waals surface area contributed by atoms with Crippen molar-refractivity contribution in [3.05, 3.63) is 57.1 Å². The predicted octanol–water partition coefficient (Wildman–Crippen LogP) is 2.94. The molecule has 0 aliphatic carbocycles. The lowest BCUT2D eigenvalue weighted by Crippen LogP contribution is -2.22. The Morgan fingerprint density at radius 3 is 2.50 bits per heavy atom. The van der Waals surface area contributed by atoms with Crippen molar-refractivity contribution < 1.29 is 0 Å². The molecule has 2 heterocycles. The molecule has 0 bridgehead atoms. The Morgan fingerprint density at radius 2 is 1.88 bits per heavy atom. The molecule has 1 atom stereocenters. The van der Waals surface area contributed by atoms with Crippen LogP contribution in [-0.4, -0.2) is 14.5 Å². The third kappa shape index (κ3) is 2.61. The van der Waals surface area contributed by atoms with Gasteiger partial charge in [0, 0.05) is 30.5 Å². The van der Waals surface area contributed by atoms with Gasteiger partial charge in [0.25, 0.3) is 5.56 Å². The van der Waals surface area contributed by atoms with Gasteiger partial charge in [-0.2, -0.15) is 0 Å². The lowest BCUT2D eigenvalue weighted by atomic mass is 10.0. The summed E-state index contributed by atoms with van der Waals surface area (Å²) in [6.07, 6.45) is 1.78. The summed E-state index contributed by atoms with van der Waals surface area (Å²) in [5.74, 6) is 0.614. The molecule has 1 aromatic carbocycles. The van der Waals surface area contributed by atoms with Crippen LogP contribution in [0.5, 0.6) is 0 Å². The van der Waals surface area contributed by atoms with Gasteiger partial charge in [-0.15, -0.1) is 0 Å². The fourth-order valence-corrected chi connectivity index (χ4v) is 3.07. The Kier molecular flexibility index (Phi) is 3.97. The number of nitrogens with two attached hydrogens (primary N) is 1. The first-order valence-corrected chi connectivity index (χ1v) is 8.00. The molecule has 2 aromatic heterocycles. The van der Waals surface area contributed by atoms with E-state index in [0.29, 0.717) is 16.7 Å². The molecule has 24 heavy (non-hydrogen) atoms. The largest absolute Gasteiger partial charge is 0.324 e. The van der Waals surface area contributed by atoms with Crippen LogP contribution in [0.2, 0.25) is 0 Å². The van der Waals surface area contributed by atoms with Crippen LogP contribution in [-0.2, 0) is 7.05 Å². The lowest BCUT2D eigenvalue weighted by Gasteiger charge is -2.15. The molecule has 1 unspecified atom stereocenters. The molecule has 0 fully saturated rings. The minimum Gasteiger partial charge on any atom is -0.324 e. The Morgan fingerprint density at radius 1 is 1.17 bits per heavy atom. The standard InChI is InChI=1S/C19H22N4O/c1-10-6-14(13(4)20)17-15(7-10)19(24)23(5)18(22-17)16-9-21-12(3)8-11(16)2/h6-9,13H,20H2,1-5H3. The minimum absolute atomic E-state index is 0.0689. The third-order valence-electron chi connectivity index (χ3n) is 4.33. The molecule has 3 rings (SSSR count). The molecular formula is C19H22N4O. The summed E-state index contributed by atoms with van der Waals surface area (Å²) in [6.45, 7) is 7.82. The van der Waals surface area contributed by atoms with Crippen molar-refractivity contribution in [1.82, 2.24) is 14.5 Å². The zero-order valence-corrected chi connectivity index (χ0v) is 14.7. The molecular weight excluding hydrogens is 300 g/mol. The van der Waals surface area contributed by atoms with E-state index in [1.807, 2.05) is 45.9 Å². The highest BCUT2D eigenvalue weighted by Gasteiger charge is 2.16. The van der Waals surface area contributed by atoms with Gasteiger partial charge in [0.1, 0.15) is 5.82 Å². The Labute approximate surface area is 141 Å². The van der Waals surface area contributed by atoms with E-state index in [4.69, 9.17) is 10.7 Å². The molecule has 0 saturated carbocycles. The maximum atomic E-state index is 12.9. The van der Waals surface area contributed by atoms with Gasteiger partial charge < -0.3 is 5.73 Å². The number of nitrogens with zero attached hydrogens (tertiary/aromatic N) is 3. The summed E-state index contributed by atoms with van der Waals surface area (Å²) >= 11 is 0. The summed E-state index contributed by atoms with van der Waals surface area (Å²) in [5.41, 5.74) is 11.5. The summed E-state index contributed by atoms with van der Waals surface area (Å²) < 4.78 is 1.59. The monoisotopic (exact) mass is 322 g/mol. The summed E-state index contributed by atoms with van der Waals surface area (Å²) in [4.78, 5) is 22.0. The second-order valence-electron chi connectivity index (χ2n) is 6.48. The van der Waals surface area contributed by atoms with Crippen LogP contribution in [0.3, 0.4) is 0 Å². The third-order valence-corrected chi connectivity index (χ3v) is 4.33. The van der Waals surface area contributed by atoms with Crippen molar-refractivity contribution in [2.24, 2.45) is 12.8 Å². The van der Waals surface area contributed by atoms with Gasteiger partial charge in [0.15, 0.2) is 0 Å². The van der Waals surface area contributed by atoms with Gasteiger partial charge in [0.2, 0.25) is 0 Å². The number of hydrogen-bond donors (Lipinski definition) is 1. The Bertz CT molecular complexity index is 1000. The first kappa shape index (κ1) is 16.3. The summed E-state index contributed by atoms with van der Waals surface area (Å²) in [7, 11) is 1.75. The number of rotatable bonds is 2. The van der Waals surface area contributed by atoms with E-state index in [-0.39, 0.29) is 11.6 Å². The fourth-order valence-electron chi connectivity index (χ4n) is 3.07. The van der Waals surface area contributed by atoms with Crippen LogP contribution >= 0.6 is 0 Å². The van der Waals surface area contributed by atoms with E-state index in [1.165, 1.54) is 0 Å². The predicted molar refractivity (Wildman–Crippen MR) is 97.0 cm³/mol. The number of benzene rings is 1. The number of aromatic nitrogens is 3. The maximum absolute atomic E-state index is 12.9. The van der Waals surface area contributed by atoms with Crippen molar-refractivity contribution in [3.63, 3.8) is 0 Å². The number of aryl methyl sites for hydroxylation is 3. The van der Waals surface area contributed by atoms with Crippen molar-refractivity contribution in [3.8, 4) is 11.4 Å². The van der Waals surface area contributed by atoms with E-state index in [0.717, 1.165) is 27.9 Å². The molecule has 0 amide bonds. The SMILES string of the molecule is Cc1cc(C(C)N)c2nc(-c3cnc(C)cc3C)n(C)c(=O)c2c1.